The predicted octanol–water partition coefficient (Wildman–Crippen LogP) is 2.34. The van der Waals surface area contributed by atoms with Crippen molar-refractivity contribution >= 4 is 5.97 Å². The average molecular weight is 172 g/mol. The maximum atomic E-state index is 10.5. The first-order valence-corrected chi connectivity index (χ1v) is 4.20. The third-order valence-corrected chi connectivity index (χ3v) is 1.80. The highest BCUT2D eigenvalue weighted by Gasteiger charge is 2.19. The van der Waals surface area contributed by atoms with Crippen molar-refractivity contribution in [3.05, 3.63) is 12.3 Å². The molecule has 0 aromatic carbocycles. The van der Waals surface area contributed by atoms with Gasteiger partial charge in [-0.1, -0.05) is 32.8 Å². The van der Waals surface area contributed by atoms with E-state index in [9.17, 15) is 4.79 Å². The minimum Gasteiger partial charge on any atom is -0.512 e. The number of rotatable bonds is 6. The lowest BCUT2D eigenvalue weighted by molar-refractivity contribution is -0.141. The van der Waals surface area contributed by atoms with Crippen LogP contribution in [-0.2, 0) is 4.79 Å². The molecule has 2 N–H and O–H groups in total. The van der Waals surface area contributed by atoms with Gasteiger partial charge in [-0.15, -0.1) is 0 Å². The van der Waals surface area contributed by atoms with Gasteiger partial charge in [-0.2, -0.15) is 0 Å². The highest BCUT2D eigenvalue weighted by atomic mass is 16.4. The number of hydrogen-bond donors (Lipinski definition) is 2. The number of aliphatic hydroxyl groups is 1. The number of carboxylic acids is 1. The summed E-state index contributed by atoms with van der Waals surface area (Å²) in [5.74, 6) is -2.01. The van der Waals surface area contributed by atoms with Crippen molar-refractivity contribution in [3.8, 4) is 0 Å². The zero-order valence-corrected chi connectivity index (χ0v) is 7.42. The number of unbranched alkanes of at least 4 members (excludes halogenated alkanes) is 2. The Morgan fingerprint density at radius 2 is 2.00 bits per heavy atom. The Balaban J connectivity index is 3.80. The molecule has 0 aromatic rings. The van der Waals surface area contributed by atoms with Crippen LogP contribution < -0.4 is 0 Å². The van der Waals surface area contributed by atoms with E-state index in [1.54, 1.807) is 0 Å². The van der Waals surface area contributed by atoms with Crippen LogP contribution in [0.5, 0.6) is 0 Å². The number of carbonyl (C=O) groups is 1. The quantitative estimate of drug-likeness (QED) is 0.477. The van der Waals surface area contributed by atoms with Crippen molar-refractivity contribution in [2.24, 2.45) is 5.92 Å². The van der Waals surface area contributed by atoms with Gasteiger partial charge in [-0.3, -0.25) is 4.79 Å². The first kappa shape index (κ1) is 11.0. The van der Waals surface area contributed by atoms with Crippen molar-refractivity contribution in [1.82, 2.24) is 0 Å². The van der Waals surface area contributed by atoms with E-state index < -0.39 is 11.9 Å². The second-order valence-corrected chi connectivity index (χ2v) is 2.88. The zero-order valence-electron chi connectivity index (χ0n) is 7.42. The molecule has 0 rings (SSSR count). The molecule has 0 bridgehead atoms. The normalized spacial score (nSPS) is 12.4. The van der Waals surface area contributed by atoms with E-state index in [1.165, 1.54) is 0 Å². The molecule has 0 aliphatic heterocycles. The Labute approximate surface area is 72.7 Å². The molecule has 0 saturated carbocycles. The van der Waals surface area contributed by atoms with Gasteiger partial charge in [0.1, 0.15) is 5.92 Å². The van der Waals surface area contributed by atoms with Crippen LogP contribution in [0.15, 0.2) is 12.3 Å². The Morgan fingerprint density at radius 3 is 2.33 bits per heavy atom. The van der Waals surface area contributed by atoms with Gasteiger partial charge in [0.25, 0.3) is 0 Å². The lowest BCUT2D eigenvalue weighted by Gasteiger charge is -2.09. The molecule has 0 heterocycles. The lowest BCUT2D eigenvalue weighted by atomic mass is 10.0. The zero-order chi connectivity index (χ0) is 9.56. The molecule has 0 saturated heterocycles. The van der Waals surface area contributed by atoms with Gasteiger partial charge < -0.3 is 10.2 Å². The molecular weight excluding hydrogens is 156 g/mol. The maximum Gasteiger partial charge on any atom is 0.314 e. The summed E-state index contributed by atoms with van der Waals surface area (Å²) in [5.41, 5.74) is 0. The molecule has 0 amide bonds. The third kappa shape index (κ3) is 4.01. The van der Waals surface area contributed by atoms with Crippen molar-refractivity contribution in [3.63, 3.8) is 0 Å². The second kappa shape index (κ2) is 5.63. The van der Waals surface area contributed by atoms with Crippen LogP contribution in [0.4, 0.5) is 0 Å². The maximum absolute atomic E-state index is 10.5. The molecule has 0 radical (unpaired) electrons. The molecule has 12 heavy (non-hydrogen) atoms. The monoisotopic (exact) mass is 172 g/mol. The standard InChI is InChI=1S/C9H16O3/c1-3-4-5-6-8(7(2)10)9(11)12/h8,10H,2-6H2,1H3,(H,11,12). The van der Waals surface area contributed by atoms with E-state index in [-0.39, 0.29) is 5.76 Å². The first-order chi connectivity index (χ1) is 5.59. The van der Waals surface area contributed by atoms with Gasteiger partial charge in [-0.05, 0) is 6.42 Å². The Morgan fingerprint density at radius 1 is 1.42 bits per heavy atom. The van der Waals surface area contributed by atoms with Crippen molar-refractivity contribution in [2.75, 3.05) is 0 Å². The summed E-state index contributed by atoms with van der Waals surface area (Å²) in [4.78, 5) is 10.5. The molecule has 0 aliphatic rings. The molecule has 0 fully saturated rings. The molecule has 3 heteroatoms. The Hall–Kier alpha value is -0.990. The average Bonchev–Trinajstić information content (AvgIpc) is 1.96. The summed E-state index contributed by atoms with van der Waals surface area (Å²) >= 11 is 0. The van der Waals surface area contributed by atoms with E-state index in [0.717, 1.165) is 19.3 Å². The van der Waals surface area contributed by atoms with Crippen molar-refractivity contribution in [2.45, 2.75) is 32.6 Å². The first-order valence-electron chi connectivity index (χ1n) is 4.20. The second-order valence-electron chi connectivity index (χ2n) is 2.88. The molecular formula is C9H16O3. The number of aliphatic carboxylic acids is 1. The summed E-state index contributed by atoms with van der Waals surface area (Å²) in [5, 5.41) is 17.5. The van der Waals surface area contributed by atoms with Gasteiger partial charge in [0.05, 0.1) is 5.76 Å². The van der Waals surface area contributed by atoms with Crippen LogP contribution in [-0.4, -0.2) is 16.2 Å². The highest BCUT2D eigenvalue weighted by Crippen LogP contribution is 2.15. The third-order valence-electron chi connectivity index (χ3n) is 1.80. The SMILES string of the molecule is C=C(O)C(CCCCC)C(=O)O. The molecule has 0 spiro atoms. The number of hydrogen-bond acceptors (Lipinski definition) is 2. The van der Waals surface area contributed by atoms with Crippen LogP contribution in [0.25, 0.3) is 0 Å². The fourth-order valence-corrected chi connectivity index (χ4v) is 1.03. The largest absolute Gasteiger partial charge is 0.512 e. The summed E-state index contributed by atoms with van der Waals surface area (Å²) in [6.45, 7) is 5.28. The molecule has 1 unspecified atom stereocenters. The molecule has 3 nitrogen and oxygen atoms in total. The van der Waals surface area contributed by atoms with Gasteiger partial charge in [-0.25, -0.2) is 0 Å². The molecule has 70 valence electrons. The number of carboxylic acid groups (broad SMARTS) is 1. The van der Waals surface area contributed by atoms with E-state index in [1.807, 2.05) is 6.92 Å². The summed E-state index contributed by atoms with van der Waals surface area (Å²) in [6.07, 6.45) is 3.35. The van der Waals surface area contributed by atoms with Gasteiger partial charge in [0.15, 0.2) is 0 Å². The topological polar surface area (TPSA) is 57.5 Å². The Bertz CT molecular complexity index is 149. The smallest absolute Gasteiger partial charge is 0.314 e. The molecule has 0 aromatic heterocycles. The molecule has 1 atom stereocenters. The van der Waals surface area contributed by atoms with Crippen LogP contribution in [0, 0.1) is 5.92 Å². The van der Waals surface area contributed by atoms with Crippen molar-refractivity contribution in [1.29, 1.82) is 0 Å². The highest BCUT2D eigenvalue weighted by molar-refractivity contribution is 5.72. The minimum absolute atomic E-state index is 0.237. The van der Waals surface area contributed by atoms with E-state index in [4.69, 9.17) is 10.2 Å². The van der Waals surface area contributed by atoms with Gasteiger partial charge >= 0.3 is 5.97 Å². The molecule has 0 aliphatic carbocycles. The van der Waals surface area contributed by atoms with Gasteiger partial charge in [0, 0.05) is 0 Å². The number of aliphatic hydroxyl groups excluding tert-OH is 1. The van der Waals surface area contributed by atoms with E-state index in [2.05, 4.69) is 6.58 Å². The van der Waals surface area contributed by atoms with E-state index >= 15 is 0 Å². The lowest BCUT2D eigenvalue weighted by Crippen LogP contribution is -2.15. The van der Waals surface area contributed by atoms with Crippen LogP contribution in [0.1, 0.15) is 32.6 Å². The van der Waals surface area contributed by atoms with Crippen LogP contribution in [0.2, 0.25) is 0 Å². The fourth-order valence-electron chi connectivity index (χ4n) is 1.03. The summed E-state index contributed by atoms with van der Waals surface area (Å²) in [6, 6.07) is 0. The van der Waals surface area contributed by atoms with Gasteiger partial charge in [0.2, 0.25) is 0 Å². The Kier molecular flexibility index (Phi) is 5.17. The van der Waals surface area contributed by atoms with Crippen LogP contribution >= 0.6 is 0 Å². The summed E-state index contributed by atoms with van der Waals surface area (Å²) < 4.78 is 0. The predicted molar refractivity (Wildman–Crippen MR) is 47.0 cm³/mol. The van der Waals surface area contributed by atoms with E-state index in [0.29, 0.717) is 6.42 Å². The fraction of sp³-hybridized carbons (Fsp3) is 0.667. The van der Waals surface area contributed by atoms with Crippen LogP contribution in [0.3, 0.4) is 0 Å². The van der Waals surface area contributed by atoms with Crippen molar-refractivity contribution < 1.29 is 15.0 Å². The minimum atomic E-state index is -0.987. The summed E-state index contributed by atoms with van der Waals surface area (Å²) in [7, 11) is 0.